The summed E-state index contributed by atoms with van der Waals surface area (Å²) in [6.07, 6.45) is -5.42. The van der Waals surface area contributed by atoms with Crippen molar-refractivity contribution in [3.05, 3.63) is 35.5 Å². The molecule has 4 aromatic heterocycles. The number of nitrogens with two attached hydrogens (primary N) is 1. The summed E-state index contributed by atoms with van der Waals surface area (Å²) in [6.45, 7) is -1.54. The molecule has 21 nitrogen and oxygen atoms in total. The highest BCUT2D eigenvalue weighted by atomic mass is 31.2. The van der Waals surface area contributed by atoms with E-state index in [0.717, 1.165) is 10.9 Å². The van der Waals surface area contributed by atoms with Crippen LogP contribution in [-0.2, 0) is 27.7 Å². The van der Waals surface area contributed by atoms with E-state index in [-0.39, 0.29) is 22.8 Å². The van der Waals surface area contributed by atoms with E-state index in [4.69, 9.17) is 24.3 Å². The van der Waals surface area contributed by atoms with Crippen molar-refractivity contribution in [3.8, 4) is 0 Å². The van der Waals surface area contributed by atoms with E-state index in [9.17, 15) is 39.0 Å². The van der Waals surface area contributed by atoms with Gasteiger partial charge in [0.15, 0.2) is 35.4 Å². The van der Waals surface area contributed by atoms with Crippen molar-refractivity contribution in [1.82, 2.24) is 39.0 Å². The summed E-state index contributed by atoms with van der Waals surface area (Å²) in [6, 6.07) is 0. The summed E-state index contributed by atoms with van der Waals surface area (Å²) in [7, 11) is -8.23. The highest BCUT2D eigenvalue weighted by Crippen LogP contribution is 2.57. The van der Waals surface area contributed by atoms with Crippen LogP contribution in [0, 0.1) is 0 Å². The summed E-state index contributed by atoms with van der Waals surface area (Å²) in [5.74, 6) is -0.284. The second-order valence-electron chi connectivity index (χ2n) is 9.61. The lowest BCUT2D eigenvalue weighted by Crippen LogP contribution is -2.37. The number of aliphatic hydroxyl groups excluding tert-OH is 3. The minimum atomic E-state index is -4.97. The molecule has 2 fully saturated rings. The lowest BCUT2D eigenvalue weighted by molar-refractivity contribution is -0.0491. The molecule has 10 atom stereocenters. The zero-order valence-electron chi connectivity index (χ0n) is 21.5. The number of hydrogen-bond acceptors (Lipinski definition) is 16. The molecule has 230 valence electrons. The molecule has 6 rings (SSSR count). The van der Waals surface area contributed by atoms with Gasteiger partial charge in [0.2, 0.25) is 5.95 Å². The normalized spacial score (nSPS) is 31.1. The highest BCUT2D eigenvalue weighted by Gasteiger charge is 2.56. The summed E-state index contributed by atoms with van der Waals surface area (Å²) in [5.41, 5.74) is 3.47. The third-order valence-corrected chi connectivity index (χ3v) is 9.33. The first kappa shape index (κ1) is 29.7. The minimum absolute atomic E-state index is 0.135. The van der Waals surface area contributed by atoms with E-state index >= 15 is 0 Å². The molecule has 2 saturated heterocycles. The van der Waals surface area contributed by atoms with Crippen molar-refractivity contribution in [2.24, 2.45) is 0 Å². The molecule has 4 aromatic rings. The Labute approximate surface area is 239 Å². The van der Waals surface area contributed by atoms with Gasteiger partial charge in [-0.3, -0.25) is 23.5 Å². The Kier molecular flexibility index (Phi) is 7.82. The maximum absolute atomic E-state index is 13.7. The number of nitrogens with one attached hydrogen (secondary N) is 1. The summed E-state index contributed by atoms with van der Waals surface area (Å²) < 4.78 is 49.5. The van der Waals surface area contributed by atoms with Crippen molar-refractivity contribution in [2.45, 2.75) is 48.6 Å². The number of aliphatic hydroxyl groups is 3. The van der Waals surface area contributed by atoms with Crippen LogP contribution in [0.15, 0.2) is 30.0 Å². The lowest BCUT2D eigenvalue weighted by atomic mass is 10.1. The third kappa shape index (κ3) is 5.23. The van der Waals surface area contributed by atoms with Gasteiger partial charge in [-0.15, -0.1) is 9.42 Å². The fraction of sp³-hybridized carbons (Fsp3) is 0.500. The number of nitrogens with zero attached hydrogens (tertiary/aromatic N) is 7. The lowest BCUT2D eigenvalue weighted by Gasteiger charge is -2.27. The van der Waals surface area contributed by atoms with Crippen LogP contribution in [0.5, 0.6) is 0 Å². The topological polar surface area (TPSA) is 305 Å². The van der Waals surface area contributed by atoms with E-state index in [1.807, 2.05) is 0 Å². The Hall–Kier alpha value is -3.33. The maximum Gasteiger partial charge on any atom is 0.695 e. The molecule has 0 bridgehead atoms. The summed E-state index contributed by atoms with van der Waals surface area (Å²) >= 11 is 0. The Morgan fingerprint density at radius 1 is 1.09 bits per heavy atom. The molecule has 0 spiro atoms. The molecule has 2 aliphatic rings. The van der Waals surface area contributed by atoms with Gasteiger partial charge in [0.25, 0.3) is 5.56 Å². The fourth-order valence-corrected chi connectivity index (χ4v) is 7.26. The molecule has 23 heteroatoms. The minimum Gasteiger partial charge on any atom is -0.394 e. The van der Waals surface area contributed by atoms with Crippen LogP contribution in [0.4, 0.5) is 5.95 Å². The molecule has 0 radical (unpaired) electrons. The van der Waals surface area contributed by atoms with Gasteiger partial charge < -0.3 is 39.9 Å². The van der Waals surface area contributed by atoms with Gasteiger partial charge in [-0.25, -0.2) is 19.9 Å². The molecular formula is C20H24N9O12P2+. The van der Waals surface area contributed by atoms with E-state index < -0.39 is 83.3 Å². The molecule has 6 heterocycles. The van der Waals surface area contributed by atoms with Crippen LogP contribution in [0.2, 0.25) is 0 Å². The van der Waals surface area contributed by atoms with Crippen molar-refractivity contribution in [2.75, 3.05) is 18.9 Å². The molecule has 0 aromatic carbocycles. The van der Waals surface area contributed by atoms with Crippen molar-refractivity contribution in [3.63, 3.8) is 0 Å². The van der Waals surface area contributed by atoms with Gasteiger partial charge in [0.1, 0.15) is 41.9 Å². The Bertz CT molecular complexity index is 1780. The van der Waals surface area contributed by atoms with Gasteiger partial charge in [-0.1, -0.05) is 0 Å². The Balaban J connectivity index is 1.28. The molecule has 8 N–H and O–H groups in total. The third-order valence-electron chi connectivity index (χ3n) is 7.08. The Morgan fingerprint density at radius 3 is 2.56 bits per heavy atom. The molecule has 0 saturated carbocycles. The highest BCUT2D eigenvalue weighted by molar-refractivity contribution is 7.53. The molecule has 2 aliphatic heterocycles. The molecule has 43 heavy (non-hydrogen) atoms. The van der Waals surface area contributed by atoms with Gasteiger partial charge in [0.05, 0.1) is 32.1 Å². The summed E-state index contributed by atoms with van der Waals surface area (Å²) in [4.78, 5) is 55.0. The van der Waals surface area contributed by atoms with Crippen molar-refractivity contribution in [1.29, 1.82) is 0 Å². The van der Waals surface area contributed by atoms with E-state index in [0.29, 0.717) is 5.52 Å². The van der Waals surface area contributed by atoms with Gasteiger partial charge in [-0.05, 0) is 0 Å². The van der Waals surface area contributed by atoms with Crippen LogP contribution >= 0.6 is 15.9 Å². The molecule has 0 amide bonds. The smallest absolute Gasteiger partial charge is 0.394 e. The number of imidazole rings is 2. The van der Waals surface area contributed by atoms with E-state index in [1.54, 1.807) is 0 Å². The number of aromatic amines is 1. The van der Waals surface area contributed by atoms with E-state index in [2.05, 4.69) is 29.9 Å². The van der Waals surface area contributed by atoms with E-state index in [1.165, 1.54) is 23.4 Å². The molecule has 0 aliphatic carbocycles. The number of nitrogen functional groups attached to an aromatic ring is 1. The zero-order chi connectivity index (χ0) is 30.6. The quantitative estimate of drug-likeness (QED) is 0.0938. The first-order chi connectivity index (χ1) is 20.5. The van der Waals surface area contributed by atoms with Crippen molar-refractivity contribution < 1.29 is 52.8 Å². The second-order valence-corrected chi connectivity index (χ2v) is 12.3. The SMILES string of the molecule is Nc1nc2c(ncn2[C@@H]2O[C@H](CO)[C@@H](O)[C@H]2P(=O)(O)OC[C@H]2O[C@@H](n3cnc4cncnc43)[C@H](O)[C@@H]2O[P+](=O)O)c(=O)[nH]1. The number of rotatable bonds is 9. The number of H-pyrrole nitrogens is 1. The molecular weight excluding hydrogens is 620 g/mol. The second kappa shape index (κ2) is 11.3. The Morgan fingerprint density at radius 2 is 1.81 bits per heavy atom. The summed E-state index contributed by atoms with van der Waals surface area (Å²) in [5, 5.41) is 31.6. The van der Waals surface area contributed by atoms with Crippen LogP contribution in [0.1, 0.15) is 12.5 Å². The largest absolute Gasteiger partial charge is 0.695 e. The van der Waals surface area contributed by atoms with Crippen LogP contribution < -0.4 is 11.3 Å². The zero-order valence-corrected chi connectivity index (χ0v) is 23.3. The standard InChI is InChI=1S/C20H23N9O12P2/c21-20-26-16-10(17(33)27-20)25-6-29(16)19-14(11(31)8(2-30)39-19)43(36,37)38-3-9-13(41-42(34)35)12(32)18(40-9)28-5-24-7-1-22-4-23-15(7)28/h1,4-6,8-9,11-14,18-19,30-32H,2-3H2,(H4-,21,26,27,33,34,35,36,37)/p+1/t8-,9-,11-,12-,13-,14-,18-,19-/m1/s1. The number of aromatic nitrogens is 8. The monoisotopic (exact) mass is 644 g/mol. The first-order valence-corrected chi connectivity index (χ1v) is 15.2. The van der Waals surface area contributed by atoms with Crippen LogP contribution in [-0.4, -0.2) is 114 Å². The van der Waals surface area contributed by atoms with Crippen LogP contribution in [0.25, 0.3) is 22.3 Å². The fourth-order valence-electron chi connectivity index (χ4n) is 5.15. The van der Waals surface area contributed by atoms with Gasteiger partial charge in [0, 0.05) is 4.57 Å². The van der Waals surface area contributed by atoms with Gasteiger partial charge >= 0.3 is 15.9 Å². The average Bonchev–Trinajstić information content (AvgIpc) is 3.71. The molecule has 2 unspecified atom stereocenters. The van der Waals surface area contributed by atoms with Crippen LogP contribution in [0.3, 0.4) is 0 Å². The first-order valence-electron chi connectivity index (χ1n) is 12.4. The van der Waals surface area contributed by atoms with Crippen molar-refractivity contribution >= 4 is 44.1 Å². The van der Waals surface area contributed by atoms with Gasteiger partial charge in [-0.2, -0.15) is 4.98 Å². The number of fused-ring (bicyclic) bond motifs is 2. The average molecular weight is 644 g/mol. The number of ether oxygens (including phenoxy) is 2. The predicted molar refractivity (Wildman–Crippen MR) is 139 cm³/mol. The number of hydrogen-bond donors (Lipinski definition) is 7. The maximum atomic E-state index is 13.7. The predicted octanol–water partition coefficient (Wildman–Crippen LogP) is -2.34. The number of anilines is 1.